The van der Waals surface area contributed by atoms with Gasteiger partial charge in [0.15, 0.2) is 0 Å². The molecule has 0 saturated carbocycles. The van der Waals surface area contributed by atoms with E-state index in [9.17, 15) is 0 Å². The van der Waals surface area contributed by atoms with Gasteiger partial charge in [0.25, 0.3) is 0 Å². The molecule has 0 amide bonds. The molecule has 5 N–H and O–H groups in total. The van der Waals surface area contributed by atoms with Crippen LogP contribution in [0.5, 0.6) is 0 Å². The summed E-state index contributed by atoms with van der Waals surface area (Å²) in [7, 11) is 0. The van der Waals surface area contributed by atoms with E-state index < -0.39 is 0 Å². The smallest absolute Gasteiger partial charge is 0.0402 e. The van der Waals surface area contributed by atoms with Crippen LogP contribution in [0, 0.1) is 6.92 Å². The Morgan fingerprint density at radius 3 is 1.13 bits per heavy atom. The summed E-state index contributed by atoms with van der Waals surface area (Å²) in [4.78, 5) is 0. The Bertz CT molecular complexity index is 44.9. The molecule has 0 aliphatic carbocycles. The van der Waals surface area contributed by atoms with Crippen molar-refractivity contribution in [2.45, 2.75) is 33.6 Å². The van der Waals surface area contributed by atoms with Crippen molar-refractivity contribution in [1.82, 2.24) is 0 Å². The van der Waals surface area contributed by atoms with Gasteiger partial charge in [-0.15, -0.1) is 0 Å². The van der Waals surface area contributed by atoms with Gasteiger partial charge >= 0.3 is 0 Å². The Morgan fingerprint density at radius 1 is 0.933 bits per heavy atom. The van der Waals surface area contributed by atoms with E-state index in [2.05, 4.69) is 6.92 Å². The molecule has 0 aromatic rings. The fraction of sp³-hybridized carbons (Fsp3) is 0.900. The van der Waals surface area contributed by atoms with Gasteiger partial charge in [-0.3, -0.25) is 0 Å². The Kier molecular flexibility index (Phi) is 123. The minimum absolute atomic E-state index is 0. The van der Waals surface area contributed by atoms with E-state index in [0.717, 1.165) is 19.4 Å². The summed E-state index contributed by atoms with van der Waals surface area (Å²) >= 11 is 0. The second-order valence-corrected chi connectivity index (χ2v) is 1.94. The molecule has 0 saturated heterocycles. The topological polar surface area (TPSA) is 86.7 Å². The molecule has 4 nitrogen and oxygen atoms in total. The predicted molar refractivity (Wildman–Crippen MR) is 61.9 cm³/mol. The molecule has 0 aromatic heterocycles. The Balaban J connectivity index is -0.0000000300. The van der Waals surface area contributed by atoms with Crippen molar-refractivity contribution < 1.29 is 37.0 Å². The largest absolute Gasteiger partial charge is 0.397 e. The molecule has 5 heteroatoms. The maximum atomic E-state index is 7.57. The second kappa shape index (κ2) is 62.2. The number of hydrogen-bond donors (Lipinski definition) is 4. The van der Waals surface area contributed by atoms with Crippen molar-refractivity contribution in [1.29, 1.82) is 0 Å². The number of hydrogen-bond acceptors (Lipinski definition) is 4. The fourth-order valence-corrected chi connectivity index (χ4v) is 0.144. The molecule has 0 spiro atoms. The molecule has 0 fully saturated rings. The molecule has 0 aliphatic rings. The molecule has 0 radical (unpaired) electrons. The van der Waals surface area contributed by atoms with E-state index >= 15 is 0 Å². The molecular weight excluding hydrogens is 230 g/mol. The van der Waals surface area contributed by atoms with Crippen LogP contribution in [0.1, 0.15) is 33.6 Å². The fourth-order valence-electron chi connectivity index (χ4n) is 0.144. The van der Waals surface area contributed by atoms with Crippen molar-refractivity contribution in [3.63, 3.8) is 0 Å². The van der Waals surface area contributed by atoms with Gasteiger partial charge in [-0.25, -0.2) is 0 Å². The number of nitrogens with two attached hydrogens (primary N) is 1. The normalized spacial score (nSPS) is 6.40. The second-order valence-electron chi connectivity index (χ2n) is 1.94. The van der Waals surface area contributed by atoms with Crippen molar-refractivity contribution in [2.24, 2.45) is 5.73 Å². The molecule has 0 bridgehead atoms. The van der Waals surface area contributed by atoms with Gasteiger partial charge in [-0.1, -0.05) is 6.42 Å². The first-order valence-corrected chi connectivity index (χ1v) is 4.98. The molecule has 0 atom stereocenters. The Morgan fingerprint density at radius 2 is 1.13 bits per heavy atom. The summed E-state index contributed by atoms with van der Waals surface area (Å²) in [6, 6.07) is 0. The molecule has 15 heavy (non-hydrogen) atoms. The third-order valence-electron chi connectivity index (χ3n) is 0.454. The average Bonchev–Trinajstić information content (AvgIpc) is 2.09. The van der Waals surface area contributed by atoms with Crippen LogP contribution >= 0.6 is 0 Å². The van der Waals surface area contributed by atoms with Crippen molar-refractivity contribution >= 4 is 0 Å². The predicted octanol–water partition coefficient (Wildman–Crippen LogP) is 0.553. The standard InChI is InChI=1S/C4H10N.3C2H6O.Ti/c1-2-3-4-5;3*1-2-3;/h1-5H2;3*3H,2H2,1H3;/q-1;;;;. The first-order valence-electron chi connectivity index (χ1n) is 4.98. The van der Waals surface area contributed by atoms with Crippen LogP contribution in [0.2, 0.25) is 0 Å². The van der Waals surface area contributed by atoms with Gasteiger partial charge < -0.3 is 28.0 Å². The zero-order valence-corrected chi connectivity index (χ0v) is 11.9. The summed E-state index contributed by atoms with van der Waals surface area (Å²) in [6.45, 7) is 10.2. The summed E-state index contributed by atoms with van der Waals surface area (Å²) < 4.78 is 0. The Labute approximate surface area is 110 Å². The summed E-state index contributed by atoms with van der Waals surface area (Å²) in [6.07, 6.45) is 2.02. The maximum absolute atomic E-state index is 7.57. The number of rotatable bonds is 2. The zero-order chi connectivity index (χ0) is 12.2. The van der Waals surface area contributed by atoms with Crippen molar-refractivity contribution in [2.75, 3.05) is 26.4 Å². The number of aliphatic hydroxyl groups is 3. The molecule has 0 rings (SSSR count). The summed E-state index contributed by atoms with van der Waals surface area (Å²) in [5.74, 6) is 0. The van der Waals surface area contributed by atoms with Crippen LogP contribution in [0.25, 0.3) is 0 Å². The first kappa shape index (κ1) is 29.6. The summed E-state index contributed by atoms with van der Waals surface area (Å²) in [5, 5.41) is 22.7. The van der Waals surface area contributed by atoms with Crippen LogP contribution in [-0.2, 0) is 21.7 Å². The molecule has 0 heterocycles. The SMILES string of the molecule is CCO.CCO.CCO.[CH2-]CCCN.[Ti]. The molecule has 0 aliphatic heterocycles. The number of unbranched alkanes of at least 4 members (excludes halogenated alkanes) is 1. The van der Waals surface area contributed by atoms with Gasteiger partial charge in [-0.05, 0) is 27.3 Å². The van der Waals surface area contributed by atoms with Gasteiger partial charge in [-0.2, -0.15) is 6.42 Å². The van der Waals surface area contributed by atoms with Crippen LogP contribution in [0.4, 0.5) is 0 Å². The molecular formula is C10H28NO3Ti-. The Hall–Kier alpha value is 0.554. The average molecular weight is 258 g/mol. The van der Waals surface area contributed by atoms with Crippen LogP contribution < -0.4 is 5.73 Å². The molecule has 0 aromatic carbocycles. The van der Waals surface area contributed by atoms with Gasteiger partial charge in [0.05, 0.1) is 0 Å². The van der Waals surface area contributed by atoms with E-state index in [1.165, 1.54) is 0 Å². The van der Waals surface area contributed by atoms with E-state index in [0.29, 0.717) is 0 Å². The zero-order valence-electron chi connectivity index (χ0n) is 10.4. The maximum Gasteiger partial charge on any atom is 0.0402 e. The van der Waals surface area contributed by atoms with Crippen molar-refractivity contribution in [3.05, 3.63) is 6.92 Å². The third-order valence-corrected chi connectivity index (χ3v) is 0.454. The minimum atomic E-state index is 0. The van der Waals surface area contributed by atoms with E-state index in [1.807, 2.05) is 0 Å². The van der Waals surface area contributed by atoms with Crippen LogP contribution in [0.15, 0.2) is 0 Å². The van der Waals surface area contributed by atoms with E-state index in [4.69, 9.17) is 21.1 Å². The minimum Gasteiger partial charge on any atom is -0.397 e. The number of aliphatic hydroxyl groups excluding tert-OH is 3. The van der Waals surface area contributed by atoms with Gasteiger partial charge in [0.1, 0.15) is 0 Å². The van der Waals surface area contributed by atoms with E-state index in [1.54, 1.807) is 20.8 Å². The first-order chi connectivity index (χ1) is 6.66. The summed E-state index contributed by atoms with van der Waals surface area (Å²) in [5.41, 5.74) is 5.10. The van der Waals surface area contributed by atoms with Crippen LogP contribution in [0.3, 0.4) is 0 Å². The van der Waals surface area contributed by atoms with Crippen molar-refractivity contribution in [3.8, 4) is 0 Å². The van der Waals surface area contributed by atoms with E-state index in [-0.39, 0.29) is 41.5 Å². The third kappa shape index (κ3) is 352. The monoisotopic (exact) mass is 258 g/mol. The quantitative estimate of drug-likeness (QED) is 0.430. The van der Waals surface area contributed by atoms with Gasteiger partial charge in [0.2, 0.25) is 0 Å². The van der Waals surface area contributed by atoms with Gasteiger partial charge in [0, 0.05) is 41.5 Å². The molecule has 96 valence electrons. The van der Waals surface area contributed by atoms with Crippen LogP contribution in [-0.4, -0.2) is 41.7 Å². The molecule has 0 unspecified atom stereocenters.